The number of anilines is 1. The maximum absolute atomic E-state index is 6.88. The van der Waals surface area contributed by atoms with Crippen molar-refractivity contribution in [3.63, 3.8) is 0 Å². The van der Waals surface area contributed by atoms with Crippen molar-refractivity contribution in [2.24, 2.45) is 10.8 Å². The van der Waals surface area contributed by atoms with Crippen LogP contribution in [0.5, 0.6) is 0 Å². The van der Waals surface area contributed by atoms with Gasteiger partial charge in [0, 0.05) is 33.2 Å². The molecule has 0 aromatic heterocycles. The molecule has 0 fully saturated rings. The number of hydrogen-bond donors (Lipinski definition) is 0. The number of nitrogens with zero attached hydrogens (tertiary/aromatic N) is 1. The molecule has 1 nitrogen and oxygen atoms in total. The van der Waals surface area contributed by atoms with Crippen LogP contribution in [0.4, 0.5) is 5.69 Å². The van der Waals surface area contributed by atoms with E-state index in [1.807, 2.05) is 0 Å². The first-order chi connectivity index (χ1) is 10.1. The van der Waals surface area contributed by atoms with Gasteiger partial charge in [-0.15, -0.1) is 0 Å². The van der Waals surface area contributed by atoms with E-state index in [1.165, 1.54) is 11.3 Å². The van der Waals surface area contributed by atoms with Gasteiger partial charge in [0.25, 0.3) is 0 Å². The van der Waals surface area contributed by atoms with Crippen molar-refractivity contribution in [2.45, 2.75) is 73.3 Å². The smallest absolute Gasteiger partial charge is 0.0607 e. The second kappa shape index (κ2) is 5.39. The molecule has 0 radical (unpaired) electrons. The SMILES string of the molecule is CC(C)(C)N1CC(C(C)(C)C)(C(C)(C)C)c2c1ccc(Br)c2Cl. The average Bonchev–Trinajstić information content (AvgIpc) is 2.69. The number of benzene rings is 1. The summed E-state index contributed by atoms with van der Waals surface area (Å²) in [5.41, 5.74) is 2.81. The van der Waals surface area contributed by atoms with Gasteiger partial charge in [0.1, 0.15) is 0 Å². The van der Waals surface area contributed by atoms with E-state index in [2.05, 4.69) is 95.3 Å². The fraction of sp³-hybridized carbons (Fsp3) is 0.700. The van der Waals surface area contributed by atoms with Crippen molar-refractivity contribution in [2.75, 3.05) is 11.4 Å². The standard InChI is InChI=1S/C20H31BrClN/c1-17(2,3)20(18(4,5)6)12-23(19(7,8)9)14-11-10-13(21)16(22)15(14)20/h10-11H,12H2,1-9H3. The fourth-order valence-corrected chi connectivity index (χ4v) is 5.17. The van der Waals surface area contributed by atoms with Gasteiger partial charge in [-0.1, -0.05) is 53.1 Å². The molecule has 0 bridgehead atoms. The van der Waals surface area contributed by atoms with Crippen molar-refractivity contribution in [1.82, 2.24) is 0 Å². The normalized spacial score (nSPS) is 18.3. The molecule has 0 spiro atoms. The summed E-state index contributed by atoms with van der Waals surface area (Å²) >= 11 is 10.5. The molecule has 0 saturated carbocycles. The zero-order valence-corrected chi connectivity index (χ0v) is 18.4. The topological polar surface area (TPSA) is 3.24 Å². The van der Waals surface area contributed by atoms with Gasteiger partial charge in [-0.3, -0.25) is 0 Å². The number of fused-ring (bicyclic) bond motifs is 1. The van der Waals surface area contributed by atoms with E-state index in [4.69, 9.17) is 11.6 Å². The molecule has 0 aliphatic carbocycles. The van der Waals surface area contributed by atoms with Crippen LogP contribution >= 0.6 is 27.5 Å². The molecule has 0 N–H and O–H groups in total. The van der Waals surface area contributed by atoms with Crippen LogP contribution in [-0.2, 0) is 5.41 Å². The van der Waals surface area contributed by atoms with E-state index < -0.39 is 0 Å². The molecule has 23 heavy (non-hydrogen) atoms. The van der Waals surface area contributed by atoms with Crippen LogP contribution in [0.25, 0.3) is 0 Å². The van der Waals surface area contributed by atoms with E-state index >= 15 is 0 Å². The van der Waals surface area contributed by atoms with Gasteiger partial charge in [0.05, 0.1) is 5.02 Å². The van der Waals surface area contributed by atoms with E-state index in [-0.39, 0.29) is 21.8 Å². The van der Waals surface area contributed by atoms with Crippen molar-refractivity contribution in [1.29, 1.82) is 0 Å². The first-order valence-corrected chi connectivity index (χ1v) is 9.58. The molecule has 0 saturated heterocycles. The summed E-state index contributed by atoms with van der Waals surface area (Å²) in [6.07, 6.45) is 0. The third kappa shape index (κ3) is 2.74. The summed E-state index contributed by atoms with van der Waals surface area (Å²) < 4.78 is 0.992. The van der Waals surface area contributed by atoms with Gasteiger partial charge in [0.2, 0.25) is 0 Å². The largest absolute Gasteiger partial charge is 0.365 e. The first-order valence-electron chi connectivity index (χ1n) is 8.41. The second-order valence-corrected chi connectivity index (χ2v) is 11.2. The van der Waals surface area contributed by atoms with Crippen LogP contribution in [0.1, 0.15) is 67.9 Å². The Kier molecular flexibility index (Phi) is 4.48. The van der Waals surface area contributed by atoms with E-state index in [0.29, 0.717) is 0 Å². The molecule has 0 unspecified atom stereocenters. The fourth-order valence-electron chi connectivity index (χ4n) is 4.52. The lowest BCUT2D eigenvalue weighted by atomic mass is 9.52. The monoisotopic (exact) mass is 399 g/mol. The zero-order valence-electron chi connectivity index (χ0n) is 16.1. The Balaban J connectivity index is 2.92. The molecule has 1 aliphatic heterocycles. The highest BCUT2D eigenvalue weighted by Crippen LogP contribution is 2.62. The van der Waals surface area contributed by atoms with Crippen molar-refractivity contribution in [3.8, 4) is 0 Å². The Hall–Kier alpha value is -0.210. The predicted octanol–water partition coefficient (Wildman–Crippen LogP) is 7.05. The zero-order chi connectivity index (χ0) is 18.0. The minimum Gasteiger partial charge on any atom is -0.365 e. The molecule has 0 atom stereocenters. The maximum Gasteiger partial charge on any atom is 0.0607 e. The highest BCUT2D eigenvalue weighted by atomic mass is 79.9. The Labute approximate surface area is 155 Å². The van der Waals surface area contributed by atoms with E-state index in [1.54, 1.807) is 0 Å². The third-order valence-corrected chi connectivity index (χ3v) is 6.84. The molecule has 3 heteroatoms. The van der Waals surface area contributed by atoms with Crippen LogP contribution < -0.4 is 4.90 Å². The summed E-state index contributed by atoms with van der Waals surface area (Å²) in [5.74, 6) is 0. The second-order valence-electron chi connectivity index (χ2n) is 9.92. The molecule has 1 aromatic rings. The average molecular weight is 401 g/mol. The molecular formula is C20H31BrClN. The minimum absolute atomic E-state index is 0.0243. The maximum atomic E-state index is 6.88. The van der Waals surface area contributed by atoms with Crippen molar-refractivity contribution >= 4 is 33.2 Å². The number of hydrogen-bond acceptors (Lipinski definition) is 1. The third-order valence-electron chi connectivity index (χ3n) is 5.56. The lowest BCUT2D eigenvalue weighted by molar-refractivity contribution is 0.0636. The minimum atomic E-state index is -0.0243. The van der Waals surface area contributed by atoms with Gasteiger partial charge in [-0.05, 0) is 59.7 Å². The Bertz CT molecular complexity index is 600. The van der Waals surface area contributed by atoms with Crippen molar-refractivity contribution < 1.29 is 0 Å². The molecule has 1 aromatic carbocycles. The molecular weight excluding hydrogens is 370 g/mol. The van der Waals surface area contributed by atoms with Gasteiger partial charge in [-0.2, -0.15) is 0 Å². The van der Waals surface area contributed by atoms with Gasteiger partial charge >= 0.3 is 0 Å². The molecule has 0 amide bonds. The van der Waals surface area contributed by atoms with Crippen LogP contribution in [0, 0.1) is 10.8 Å². The summed E-state index contributed by atoms with van der Waals surface area (Å²) in [6.45, 7) is 22.0. The predicted molar refractivity (Wildman–Crippen MR) is 107 cm³/mol. The van der Waals surface area contributed by atoms with Crippen LogP contribution in [-0.4, -0.2) is 12.1 Å². The summed E-state index contributed by atoms with van der Waals surface area (Å²) in [4.78, 5) is 2.54. The summed E-state index contributed by atoms with van der Waals surface area (Å²) in [7, 11) is 0. The molecule has 1 heterocycles. The van der Waals surface area contributed by atoms with Gasteiger partial charge in [-0.25, -0.2) is 0 Å². The Morgan fingerprint density at radius 3 is 1.83 bits per heavy atom. The molecule has 1 aliphatic rings. The molecule has 130 valence electrons. The van der Waals surface area contributed by atoms with E-state index in [0.717, 1.165) is 16.0 Å². The Morgan fingerprint density at radius 1 is 0.957 bits per heavy atom. The molecule has 2 rings (SSSR count). The number of rotatable bonds is 0. The highest BCUT2D eigenvalue weighted by molar-refractivity contribution is 9.10. The lowest BCUT2D eigenvalue weighted by Gasteiger charge is -2.53. The summed E-state index contributed by atoms with van der Waals surface area (Å²) in [6, 6.07) is 4.32. The van der Waals surface area contributed by atoms with E-state index in [9.17, 15) is 0 Å². The van der Waals surface area contributed by atoms with Crippen LogP contribution in [0.3, 0.4) is 0 Å². The van der Waals surface area contributed by atoms with Gasteiger partial charge < -0.3 is 4.90 Å². The van der Waals surface area contributed by atoms with Crippen LogP contribution in [0.15, 0.2) is 16.6 Å². The first kappa shape index (κ1) is 19.1. The van der Waals surface area contributed by atoms with Crippen molar-refractivity contribution in [3.05, 3.63) is 27.2 Å². The Morgan fingerprint density at radius 2 is 1.43 bits per heavy atom. The lowest BCUT2D eigenvalue weighted by Crippen LogP contribution is -2.55. The quantitative estimate of drug-likeness (QED) is 0.451. The highest BCUT2D eigenvalue weighted by Gasteiger charge is 2.59. The van der Waals surface area contributed by atoms with Gasteiger partial charge in [0.15, 0.2) is 0 Å². The van der Waals surface area contributed by atoms with Crippen LogP contribution in [0.2, 0.25) is 5.02 Å². The number of halogens is 2. The summed E-state index contributed by atoms with van der Waals surface area (Å²) in [5, 5.41) is 0.874.